The minimum absolute atomic E-state index is 0.690. The maximum absolute atomic E-state index is 2.46. The van der Waals surface area contributed by atoms with Gasteiger partial charge in [-0.3, -0.25) is 4.90 Å². The van der Waals surface area contributed by atoms with Crippen LogP contribution in [0.25, 0.3) is 0 Å². The fourth-order valence-electron chi connectivity index (χ4n) is 1.33. The topological polar surface area (TPSA) is 6.48 Å². The zero-order valence-corrected chi connectivity index (χ0v) is 10.8. The lowest BCUT2D eigenvalue weighted by molar-refractivity contribution is 0.185. The number of nitrogens with zero attached hydrogens (tertiary/aromatic N) is 2. The Kier molecular flexibility index (Phi) is 10.1. The molecular weight excluding hydrogens is 160 g/mol. The number of hydrogen-bond donors (Lipinski definition) is 0. The second-order valence-corrected chi connectivity index (χ2v) is 4.36. The SMILES string of the molecule is CCN(C(C)C)C(C)C.CN(C)C. The summed E-state index contributed by atoms with van der Waals surface area (Å²) in [6, 6.07) is 1.38. The van der Waals surface area contributed by atoms with E-state index in [1.54, 1.807) is 0 Å². The van der Waals surface area contributed by atoms with Crippen LogP contribution in [0.15, 0.2) is 0 Å². The van der Waals surface area contributed by atoms with E-state index < -0.39 is 0 Å². The van der Waals surface area contributed by atoms with Crippen molar-refractivity contribution in [3.63, 3.8) is 0 Å². The molecular formula is C11H28N2. The maximum atomic E-state index is 2.46. The second kappa shape index (κ2) is 8.52. The van der Waals surface area contributed by atoms with Gasteiger partial charge in [0.05, 0.1) is 0 Å². The Morgan fingerprint density at radius 3 is 1.08 bits per heavy atom. The molecule has 0 bridgehead atoms. The van der Waals surface area contributed by atoms with Gasteiger partial charge in [-0.2, -0.15) is 0 Å². The predicted octanol–water partition coefficient (Wildman–Crippen LogP) is 2.30. The van der Waals surface area contributed by atoms with E-state index >= 15 is 0 Å². The van der Waals surface area contributed by atoms with Gasteiger partial charge in [-0.25, -0.2) is 0 Å². The summed E-state index contributed by atoms with van der Waals surface area (Å²) in [5.41, 5.74) is 0. The van der Waals surface area contributed by atoms with Crippen LogP contribution in [-0.2, 0) is 0 Å². The lowest BCUT2D eigenvalue weighted by Crippen LogP contribution is -2.36. The summed E-state index contributed by atoms with van der Waals surface area (Å²) in [6.45, 7) is 12.3. The molecule has 0 aliphatic carbocycles. The number of rotatable bonds is 3. The monoisotopic (exact) mass is 188 g/mol. The Hall–Kier alpha value is -0.0800. The third kappa shape index (κ3) is 11.9. The van der Waals surface area contributed by atoms with E-state index in [1.165, 1.54) is 0 Å². The Morgan fingerprint density at radius 2 is 1.08 bits per heavy atom. The van der Waals surface area contributed by atoms with Gasteiger partial charge in [0.15, 0.2) is 0 Å². The molecule has 0 aliphatic heterocycles. The summed E-state index contributed by atoms with van der Waals surface area (Å²) >= 11 is 0. The first-order valence-corrected chi connectivity index (χ1v) is 5.19. The molecule has 82 valence electrons. The molecule has 0 amide bonds. The van der Waals surface area contributed by atoms with Crippen molar-refractivity contribution in [1.82, 2.24) is 9.80 Å². The highest BCUT2D eigenvalue weighted by molar-refractivity contribution is 4.64. The van der Waals surface area contributed by atoms with Crippen LogP contribution in [0, 0.1) is 0 Å². The number of hydrogen-bond acceptors (Lipinski definition) is 2. The molecule has 0 unspecified atom stereocenters. The Balaban J connectivity index is 0. The van der Waals surface area contributed by atoms with E-state index in [2.05, 4.69) is 39.5 Å². The lowest BCUT2D eigenvalue weighted by Gasteiger charge is -2.28. The van der Waals surface area contributed by atoms with Gasteiger partial charge in [0.25, 0.3) is 0 Å². The van der Waals surface area contributed by atoms with E-state index in [0.29, 0.717) is 12.1 Å². The second-order valence-electron chi connectivity index (χ2n) is 4.36. The van der Waals surface area contributed by atoms with Crippen molar-refractivity contribution in [3.05, 3.63) is 0 Å². The van der Waals surface area contributed by atoms with Crippen molar-refractivity contribution < 1.29 is 0 Å². The zero-order chi connectivity index (χ0) is 11.0. The zero-order valence-electron chi connectivity index (χ0n) is 10.8. The Morgan fingerprint density at radius 1 is 0.846 bits per heavy atom. The molecule has 0 saturated carbocycles. The van der Waals surface area contributed by atoms with Crippen molar-refractivity contribution in [2.24, 2.45) is 0 Å². The molecule has 0 rings (SSSR count). The minimum Gasteiger partial charge on any atom is -0.312 e. The molecule has 0 aromatic carbocycles. The molecule has 2 nitrogen and oxygen atoms in total. The van der Waals surface area contributed by atoms with Gasteiger partial charge >= 0.3 is 0 Å². The van der Waals surface area contributed by atoms with E-state index in [1.807, 2.05) is 26.0 Å². The molecule has 0 aromatic heterocycles. The van der Waals surface area contributed by atoms with Crippen molar-refractivity contribution in [3.8, 4) is 0 Å². The third-order valence-corrected chi connectivity index (χ3v) is 1.69. The van der Waals surface area contributed by atoms with E-state index in [9.17, 15) is 0 Å². The summed E-state index contributed by atoms with van der Waals surface area (Å²) in [4.78, 5) is 4.46. The Bertz CT molecular complexity index is 87.5. The average Bonchev–Trinajstić information content (AvgIpc) is 1.84. The van der Waals surface area contributed by atoms with Crippen LogP contribution in [-0.4, -0.2) is 49.6 Å². The van der Waals surface area contributed by atoms with Crippen LogP contribution in [0.3, 0.4) is 0 Å². The molecule has 0 aromatic rings. The van der Waals surface area contributed by atoms with Crippen molar-refractivity contribution in [2.75, 3.05) is 27.7 Å². The van der Waals surface area contributed by atoms with E-state index in [-0.39, 0.29) is 0 Å². The highest BCUT2D eigenvalue weighted by atomic mass is 15.2. The van der Waals surface area contributed by atoms with Crippen molar-refractivity contribution >= 4 is 0 Å². The molecule has 0 heterocycles. The first-order valence-electron chi connectivity index (χ1n) is 5.19. The van der Waals surface area contributed by atoms with Crippen LogP contribution in [0.1, 0.15) is 34.6 Å². The molecule has 0 saturated heterocycles. The van der Waals surface area contributed by atoms with Crippen LogP contribution in [0.5, 0.6) is 0 Å². The minimum atomic E-state index is 0.690. The van der Waals surface area contributed by atoms with Gasteiger partial charge in [0, 0.05) is 12.1 Å². The maximum Gasteiger partial charge on any atom is 0.00411 e. The first-order chi connectivity index (χ1) is 5.82. The Labute approximate surface area is 84.9 Å². The smallest absolute Gasteiger partial charge is 0.00411 e. The molecule has 2 heteroatoms. The third-order valence-electron chi connectivity index (χ3n) is 1.69. The molecule has 0 atom stereocenters. The van der Waals surface area contributed by atoms with Crippen LogP contribution < -0.4 is 0 Å². The van der Waals surface area contributed by atoms with Gasteiger partial charge in [0.2, 0.25) is 0 Å². The largest absolute Gasteiger partial charge is 0.312 e. The van der Waals surface area contributed by atoms with Gasteiger partial charge in [-0.05, 0) is 55.4 Å². The fourth-order valence-corrected chi connectivity index (χ4v) is 1.33. The molecule has 13 heavy (non-hydrogen) atoms. The highest BCUT2D eigenvalue weighted by Gasteiger charge is 2.08. The van der Waals surface area contributed by atoms with E-state index in [0.717, 1.165) is 6.54 Å². The molecule has 0 spiro atoms. The van der Waals surface area contributed by atoms with Gasteiger partial charge in [-0.1, -0.05) is 6.92 Å². The lowest BCUT2D eigenvalue weighted by atomic mass is 10.2. The van der Waals surface area contributed by atoms with Crippen LogP contribution >= 0.6 is 0 Å². The predicted molar refractivity (Wildman–Crippen MR) is 62.3 cm³/mol. The summed E-state index contributed by atoms with van der Waals surface area (Å²) in [7, 11) is 6.00. The summed E-state index contributed by atoms with van der Waals surface area (Å²) in [5.74, 6) is 0. The van der Waals surface area contributed by atoms with E-state index in [4.69, 9.17) is 0 Å². The van der Waals surface area contributed by atoms with Crippen molar-refractivity contribution in [1.29, 1.82) is 0 Å². The summed E-state index contributed by atoms with van der Waals surface area (Å²) < 4.78 is 0. The molecule has 0 aliphatic rings. The molecule has 0 radical (unpaired) electrons. The highest BCUT2D eigenvalue weighted by Crippen LogP contribution is 2.02. The standard InChI is InChI=1S/C8H19N.C3H9N/c1-6-9(7(2)3)8(4)5;1-4(2)3/h7-8H,6H2,1-5H3;1-3H3. The van der Waals surface area contributed by atoms with Gasteiger partial charge in [0.1, 0.15) is 0 Å². The first kappa shape index (κ1) is 15.4. The summed E-state index contributed by atoms with van der Waals surface area (Å²) in [6.07, 6.45) is 0. The quantitative estimate of drug-likeness (QED) is 0.670. The molecule has 0 N–H and O–H groups in total. The average molecular weight is 188 g/mol. The van der Waals surface area contributed by atoms with Gasteiger partial charge in [-0.15, -0.1) is 0 Å². The normalized spacial score (nSPS) is 11.1. The summed E-state index contributed by atoms with van der Waals surface area (Å²) in [5, 5.41) is 0. The van der Waals surface area contributed by atoms with Crippen molar-refractivity contribution in [2.45, 2.75) is 46.7 Å². The fraction of sp³-hybridized carbons (Fsp3) is 1.00. The van der Waals surface area contributed by atoms with Gasteiger partial charge < -0.3 is 4.90 Å². The molecule has 0 fully saturated rings. The van der Waals surface area contributed by atoms with Crippen LogP contribution in [0.2, 0.25) is 0 Å². The van der Waals surface area contributed by atoms with Crippen LogP contribution in [0.4, 0.5) is 0 Å².